The number of hydrogen-bond donors (Lipinski definition) is 1. The fraction of sp³-hybridized carbons (Fsp3) is 0.391. The van der Waals surface area contributed by atoms with Crippen molar-refractivity contribution in [3.05, 3.63) is 41.5 Å². The summed E-state index contributed by atoms with van der Waals surface area (Å²) in [6.07, 6.45) is 3.64. The van der Waals surface area contributed by atoms with Gasteiger partial charge in [0, 0.05) is 36.4 Å². The van der Waals surface area contributed by atoms with E-state index >= 15 is 0 Å². The number of ketones is 1. The van der Waals surface area contributed by atoms with E-state index in [0.29, 0.717) is 22.8 Å². The molecule has 0 bridgehead atoms. The van der Waals surface area contributed by atoms with E-state index in [2.05, 4.69) is 35.3 Å². The predicted octanol–water partition coefficient (Wildman–Crippen LogP) is 5.10. The van der Waals surface area contributed by atoms with Crippen LogP contribution in [0.4, 0.5) is 11.4 Å². The minimum Gasteiger partial charge on any atom is -0.384 e. The quantitative estimate of drug-likeness (QED) is 0.538. The van der Waals surface area contributed by atoms with E-state index < -0.39 is 0 Å². The fourth-order valence-corrected chi connectivity index (χ4v) is 4.37. The highest BCUT2D eigenvalue weighted by Gasteiger charge is 2.33. The molecule has 3 aromatic rings. The zero-order valence-electron chi connectivity index (χ0n) is 16.4. The number of anilines is 2. The Hall–Kier alpha value is -2.82. The molecule has 2 aliphatic rings. The highest BCUT2D eigenvalue weighted by Crippen LogP contribution is 2.46. The number of nitrogens with one attached hydrogen (secondary N) is 1. The Bertz CT molecular complexity index is 1060. The van der Waals surface area contributed by atoms with Crippen molar-refractivity contribution in [1.82, 2.24) is 5.16 Å². The van der Waals surface area contributed by atoms with Gasteiger partial charge in [-0.2, -0.15) is 0 Å². The van der Waals surface area contributed by atoms with Crippen LogP contribution in [0, 0.1) is 5.92 Å². The Morgan fingerprint density at radius 3 is 2.64 bits per heavy atom. The molecule has 5 nitrogen and oxygen atoms in total. The van der Waals surface area contributed by atoms with Crippen molar-refractivity contribution in [2.24, 2.45) is 5.92 Å². The van der Waals surface area contributed by atoms with Crippen molar-refractivity contribution in [2.75, 3.05) is 29.9 Å². The first-order chi connectivity index (χ1) is 13.6. The van der Waals surface area contributed by atoms with Crippen LogP contribution in [0.1, 0.15) is 49.0 Å². The third-order valence-electron chi connectivity index (χ3n) is 5.78. The molecule has 0 radical (unpaired) electrons. The maximum Gasteiger partial charge on any atom is 0.196 e. The average molecular weight is 375 g/mol. The maximum atomic E-state index is 13.4. The summed E-state index contributed by atoms with van der Waals surface area (Å²) >= 11 is 0. The molecule has 0 atom stereocenters. The van der Waals surface area contributed by atoms with Gasteiger partial charge in [0.25, 0.3) is 0 Å². The molecule has 1 aromatic heterocycles. The molecule has 1 N–H and O–H groups in total. The van der Waals surface area contributed by atoms with Crippen LogP contribution in [-0.2, 0) is 0 Å². The molecule has 1 saturated heterocycles. The molecular weight excluding hydrogens is 350 g/mol. The first kappa shape index (κ1) is 17.3. The Balaban J connectivity index is 1.77. The summed E-state index contributed by atoms with van der Waals surface area (Å²) in [5, 5.41) is 8.83. The van der Waals surface area contributed by atoms with E-state index in [4.69, 9.17) is 4.52 Å². The van der Waals surface area contributed by atoms with Crippen LogP contribution >= 0.6 is 0 Å². The van der Waals surface area contributed by atoms with Crippen LogP contribution in [0.3, 0.4) is 0 Å². The van der Waals surface area contributed by atoms with E-state index in [1.54, 1.807) is 0 Å². The molecule has 5 heteroatoms. The SMILES string of the molecule is CC(C)CNc1cc(N2CCCCC2)c2noc3c2c1C(=O)c1ccccc1-3. The molecular formula is C23H25N3O2. The second-order valence-electron chi connectivity index (χ2n) is 8.25. The van der Waals surface area contributed by atoms with Crippen LogP contribution in [-0.4, -0.2) is 30.6 Å². The normalized spacial score (nSPS) is 16.0. The molecule has 144 valence electrons. The third-order valence-corrected chi connectivity index (χ3v) is 5.78. The Kier molecular flexibility index (Phi) is 4.11. The number of nitrogens with zero attached hydrogens (tertiary/aromatic N) is 2. The van der Waals surface area contributed by atoms with Crippen molar-refractivity contribution in [3.63, 3.8) is 0 Å². The lowest BCUT2D eigenvalue weighted by molar-refractivity contribution is 0.104. The molecule has 0 saturated carbocycles. The maximum absolute atomic E-state index is 13.4. The van der Waals surface area contributed by atoms with Crippen LogP contribution in [0.25, 0.3) is 22.2 Å². The van der Waals surface area contributed by atoms with Gasteiger partial charge in [-0.15, -0.1) is 0 Å². The summed E-state index contributed by atoms with van der Waals surface area (Å²) in [7, 11) is 0. The molecule has 5 rings (SSSR count). The van der Waals surface area contributed by atoms with E-state index in [1.165, 1.54) is 19.3 Å². The molecule has 0 spiro atoms. The largest absolute Gasteiger partial charge is 0.384 e. The number of hydrogen-bond acceptors (Lipinski definition) is 5. The molecule has 2 heterocycles. The van der Waals surface area contributed by atoms with E-state index in [0.717, 1.165) is 47.5 Å². The minimum atomic E-state index is 0.0488. The van der Waals surface area contributed by atoms with Gasteiger partial charge in [0.05, 0.1) is 16.6 Å². The molecule has 1 aliphatic heterocycles. The molecule has 2 aromatic carbocycles. The van der Waals surface area contributed by atoms with Crippen LogP contribution in [0.2, 0.25) is 0 Å². The van der Waals surface area contributed by atoms with Crippen molar-refractivity contribution in [3.8, 4) is 11.3 Å². The van der Waals surface area contributed by atoms with Crippen molar-refractivity contribution < 1.29 is 9.32 Å². The highest BCUT2D eigenvalue weighted by atomic mass is 16.5. The van der Waals surface area contributed by atoms with E-state index in [1.807, 2.05) is 24.3 Å². The highest BCUT2D eigenvalue weighted by molar-refractivity contribution is 6.28. The second kappa shape index (κ2) is 6.66. The molecule has 0 unspecified atom stereocenters. The Morgan fingerprint density at radius 1 is 1.14 bits per heavy atom. The zero-order valence-corrected chi connectivity index (χ0v) is 16.4. The van der Waals surface area contributed by atoms with Crippen LogP contribution < -0.4 is 10.2 Å². The molecule has 0 amide bonds. The van der Waals surface area contributed by atoms with Crippen molar-refractivity contribution >= 4 is 28.1 Å². The van der Waals surface area contributed by atoms with Gasteiger partial charge in [-0.3, -0.25) is 4.79 Å². The number of aromatic nitrogens is 1. The molecule has 28 heavy (non-hydrogen) atoms. The van der Waals surface area contributed by atoms with Crippen LogP contribution in [0.15, 0.2) is 34.9 Å². The lowest BCUT2D eigenvalue weighted by Gasteiger charge is -2.30. The molecule has 1 fully saturated rings. The third kappa shape index (κ3) is 2.60. The summed E-state index contributed by atoms with van der Waals surface area (Å²) in [6, 6.07) is 9.78. The number of fused-ring (bicyclic) bond motifs is 2. The number of piperidine rings is 1. The average Bonchev–Trinajstić information content (AvgIpc) is 3.16. The topological polar surface area (TPSA) is 58.4 Å². The van der Waals surface area contributed by atoms with Crippen LogP contribution in [0.5, 0.6) is 0 Å². The van der Waals surface area contributed by atoms with Gasteiger partial charge in [0.1, 0.15) is 5.52 Å². The second-order valence-corrected chi connectivity index (χ2v) is 8.25. The summed E-state index contributed by atoms with van der Waals surface area (Å²) < 4.78 is 5.83. The van der Waals surface area contributed by atoms with Gasteiger partial charge >= 0.3 is 0 Å². The molecule has 1 aliphatic carbocycles. The van der Waals surface area contributed by atoms with Gasteiger partial charge in [-0.25, -0.2) is 0 Å². The monoisotopic (exact) mass is 375 g/mol. The van der Waals surface area contributed by atoms with Gasteiger partial charge in [-0.05, 0) is 31.2 Å². The summed E-state index contributed by atoms with van der Waals surface area (Å²) in [5.41, 5.74) is 5.01. The number of rotatable bonds is 4. The van der Waals surface area contributed by atoms with Gasteiger partial charge in [0.15, 0.2) is 11.5 Å². The van der Waals surface area contributed by atoms with Gasteiger partial charge < -0.3 is 14.7 Å². The zero-order chi connectivity index (χ0) is 19.3. The standard InChI is InChI=1S/C23H25N3O2/c1-14(2)13-24-17-12-18(26-10-6-3-7-11-26)21-20-19(17)22(27)15-8-4-5-9-16(15)23(20)28-25-21/h4-5,8-9,12,14,24H,3,6-7,10-11,13H2,1-2H3. The number of carbonyl (C=O) groups excluding carboxylic acids is 1. The number of benzene rings is 2. The van der Waals surface area contributed by atoms with E-state index in [-0.39, 0.29) is 5.78 Å². The van der Waals surface area contributed by atoms with Gasteiger partial charge in [-0.1, -0.05) is 43.3 Å². The van der Waals surface area contributed by atoms with E-state index in [9.17, 15) is 4.79 Å². The Labute approximate surface area is 164 Å². The van der Waals surface area contributed by atoms with Crippen molar-refractivity contribution in [1.29, 1.82) is 0 Å². The van der Waals surface area contributed by atoms with Crippen molar-refractivity contribution in [2.45, 2.75) is 33.1 Å². The summed E-state index contributed by atoms with van der Waals surface area (Å²) in [4.78, 5) is 15.8. The fourth-order valence-electron chi connectivity index (χ4n) is 4.37. The number of carbonyl (C=O) groups is 1. The van der Waals surface area contributed by atoms with Gasteiger partial charge in [0.2, 0.25) is 0 Å². The summed E-state index contributed by atoms with van der Waals surface area (Å²) in [6.45, 7) is 7.19. The first-order valence-corrected chi connectivity index (χ1v) is 10.2. The first-order valence-electron chi connectivity index (χ1n) is 10.2. The minimum absolute atomic E-state index is 0.0488. The lowest BCUT2D eigenvalue weighted by atomic mass is 9.86. The smallest absolute Gasteiger partial charge is 0.196 e. The Morgan fingerprint density at radius 2 is 1.89 bits per heavy atom. The summed E-state index contributed by atoms with van der Waals surface area (Å²) in [5.74, 6) is 1.24. The predicted molar refractivity (Wildman–Crippen MR) is 112 cm³/mol. The lowest BCUT2D eigenvalue weighted by Crippen LogP contribution is -2.30.